The van der Waals surface area contributed by atoms with Crippen LogP contribution < -0.4 is 26.6 Å². The first kappa shape index (κ1) is 31.6. The second kappa shape index (κ2) is 13.0. The summed E-state index contributed by atoms with van der Waals surface area (Å²) in [6.45, 7) is 6.17. The van der Waals surface area contributed by atoms with E-state index in [0.29, 0.717) is 32.2 Å². The summed E-state index contributed by atoms with van der Waals surface area (Å²) in [5.74, 6) is -0.271. The zero-order valence-corrected chi connectivity index (χ0v) is 25.2. The molecular formula is C26H42ClF3N6O4S. The van der Waals surface area contributed by atoms with Crippen molar-refractivity contribution in [1.82, 2.24) is 31.5 Å². The number of carbonyl (C=O) groups is 2. The highest BCUT2D eigenvalue weighted by molar-refractivity contribution is 8.00. The second-order valence-electron chi connectivity index (χ2n) is 12.2. The number of hydrogen-bond donors (Lipinski definition) is 5. The van der Waals surface area contributed by atoms with E-state index >= 15 is 0 Å². The van der Waals surface area contributed by atoms with Crippen LogP contribution in [0, 0.1) is 23.7 Å². The van der Waals surface area contributed by atoms with Gasteiger partial charge in [0.05, 0.1) is 29.7 Å². The van der Waals surface area contributed by atoms with Gasteiger partial charge < -0.3 is 25.6 Å². The number of piperidine rings is 3. The maximum Gasteiger partial charge on any atom is 0.522 e. The molecule has 12 atom stereocenters. The highest BCUT2D eigenvalue weighted by Gasteiger charge is 2.48. The fourth-order valence-electron chi connectivity index (χ4n) is 7.35. The van der Waals surface area contributed by atoms with E-state index in [1.54, 1.807) is 30.7 Å². The van der Waals surface area contributed by atoms with Crippen LogP contribution in [0.4, 0.5) is 13.2 Å². The normalized spacial score (nSPS) is 43.5. The van der Waals surface area contributed by atoms with E-state index in [0.717, 1.165) is 12.8 Å². The SMILES string of the molecule is COC1CNC(Cl)CC1C1CC(C)NCC1C(=O)NC1NC2CN(C(=O)C3NCC(OC(F)(F)F)CC3C)CC2S1. The minimum absolute atomic E-state index is 0.00174. The number of likely N-dealkylation sites (tertiary alicyclic amines) is 1. The van der Waals surface area contributed by atoms with Crippen molar-refractivity contribution in [2.75, 3.05) is 39.8 Å². The average molecular weight is 627 g/mol. The van der Waals surface area contributed by atoms with Gasteiger partial charge in [0, 0.05) is 57.2 Å². The summed E-state index contributed by atoms with van der Waals surface area (Å²) in [4.78, 5) is 28.6. The minimum Gasteiger partial charge on any atom is -0.380 e. The molecule has 0 radical (unpaired) electrons. The number of hydrogen-bond acceptors (Lipinski definition) is 9. The lowest BCUT2D eigenvalue weighted by Crippen LogP contribution is -2.58. The van der Waals surface area contributed by atoms with E-state index in [2.05, 4.69) is 38.2 Å². The molecule has 0 aromatic heterocycles. The number of ether oxygens (including phenoxy) is 2. The van der Waals surface area contributed by atoms with Gasteiger partial charge in [-0.1, -0.05) is 6.92 Å². The average Bonchev–Trinajstić information content (AvgIpc) is 3.46. The summed E-state index contributed by atoms with van der Waals surface area (Å²) in [6.07, 6.45) is -3.91. The minimum atomic E-state index is -4.69. The quantitative estimate of drug-likeness (QED) is 0.218. The molecule has 5 aliphatic heterocycles. The Kier molecular flexibility index (Phi) is 10.0. The Morgan fingerprint density at radius 1 is 1.02 bits per heavy atom. The maximum absolute atomic E-state index is 13.6. The van der Waals surface area contributed by atoms with Crippen molar-refractivity contribution in [2.24, 2.45) is 23.7 Å². The lowest BCUT2D eigenvalue weighted by molar-refractivity contribution is -0.344. The summed E-state index contributed by atoms with van der Waals surface area (Å²) in [5, 5.41) is 16.5. The number of nitrogens with one attached hydrogen (secondary N) is 5. The molecule has 5 saturated heterocycles. The van der Waals surface area contributed by atoms with Crippen molar-refractivity contribution in [2.45, 2.75) is 86.1 Å². The molecule has 5 N–H and O–H groups in total. The third-order valence-electron chi connectivity index (χ3n) is 9.38. The second-order valence-corrected chi connectivity index (χ2v) is 14.1. The van der Waals surface area contributed by atoms with E-state index < -0.39 is 18.5 Å². The van der Waals surface area contributed by atoms with Gasteiger partial charge in [-0.3, -0.25) is 25.0 Å². The first-order valence-corrected chi connectivity index (χ1v) is 15.9. The molecule has 0 aromatic carbocycles. The summed E-state index contributed by atoms with van der Waals surface area (Å²) in [5.41, 5.74) is -0.396. The Hall–Kier alpha value is -0.870. The van der Waals surface area contributed by atoms with Gasteiger partial charge in [-0.2, -0.15) is 0 Å². The summed E-state index contributed by atoms with van der Waals surface area (Å²) < 4.78 is 47.8. The first-order valence-electron chi connectivity index (χ1n) is 14.5. The van der Waals surface area contributed by atoms with E-state index in [-0.39, 0.29) is 76.8 Å². The standard InChI is InChI=1S/C26H42ClF3N6O4S/c1-12-4-14(40-26(28,29)30)7-33-22(12)24(38)36-10-18-20(11-36)41-25(34-18)35-23(37)17-8-31-13(2)5-15(17)16-6-21(27)32-9-19(16)39-3/h12-22,25,31-34H,4-11H2,1-3H3,(H,35,37). The van der Waals surface area contributed by atoms with Crippen molar-refractivity contribution >= 4 is 35.2 Å². The third-order valence-corrected chi connectivity index (χ3v) is 11.1. The number of thioether (sulfide) groups is 1. The number of methoxy groups -OCH3 is 1. The van der Waals surface area contributed by atoms with E-state index in [4.69, 9.17) is 16.3 Å². The van der Waals surface area contributed by atoms with Crippen molar-refractivity contribution in [3.8, 4) is 0 Å². The topological polar surface area (TPSA) is 116 Å². The predicted octanol–water partition coefficient (Wildman–Crippen LogP) is 1.01. The monoisotopic (exact) mass is 626 g/mol. The number of fused-ring (bicyclic) bond motifs is 1. The predicted molar refractivity (Wildman–Crippen MR) is 149 cm³/mol. The number of amides is 2. The molecule has 5 aliphatic rings. The maximum atomic E-state index is 13.6. The molecule has 12 unspecified atom stereocenters. The van der Waals surface area contributed by atoms with Crippen LogP contribution >= 0.6 is 23.4 Å². The van der Waals surface area contributed by atoms with Gasteiger partial charge in [0.25, 0.3) is 0 Å². The molecule has 234 valence electrons. The molecule has 15 heteroatoms. The Balaban J connectivity index is 1.13. The van der Waals surface area contributed by atoms with Gasteiger partial charge in [0.15, 0.2) is 0 Å². The largest absolute Gasteiger partial charge is 0.522 e. The highest BCUT2D eigenvalue weighted by Crippen LogP contribution is 2.39. The zero-order chi connectivity index (χ0) is 29.5. The van der Waals surface area contributed by atoms with Gasteiger partial charge in [-0.15, -0.1) is 36.5 Å². The lowest BCUT2D eigenvalue weighted by Gasteiger charge is -2.45. The van der Waals surface area contributed by atoms with Crippen LogP contribution in [0.5, 0.6) is 0 Å². The van der Waals surface area contributed by atoms with E-state index in [1.165, 1.54) is 0 Å². The summed E-state index contributed by atoms with van der Waals surface area (Å²) >= 11 is 8.07. The first-order chi connectivity index (χ1) is 19.4. The number of rotatable bonds is 6. The Morgan fingerprint density at radius 3 is 2.49 bits per heavy atom. The number of alkyl halides is 4. The molecule has 5 heterocycles. The van der Waals surface area contributed by atoms with Gasteiger partial charge in [0.2, 0.25) is 11.8 Å². The molecule has 5 fully saturated rings. The number of carbonyl (C=O) groups excluding carboxylic acids is 2. The molecular weight excluding hydrogens is 585 g/mol. The molecule has 41 heavy (non-hydrogen) atoms. The fraction of sp³-hybridized carbons (Fsp3) is 0.923. The fourth-order valence-corrected chi connectivity index (χ4v) is 9.05. The van der Waals surface area contributed by atoms with Crippen molar-refractivity contribution in [1.29, 1.82) is 0 Å². The Bertz CT molecular complexity index is 941. The van der Waals surface area contributed by atoms with Gasteiger partial charge >= 0.3 is 6.36 Å². The van der Waals surface area contributed by atoms with Crippen LogP contribution in [0.1, 0.15) is 33.1 Å². The van der Waals surface area contributed by atoms with Gasteiger partial charge in [-0.05, 0) is 43.9 Å². The molecule has 0 spiro atoms. The Morgan fingerprint density at radius 2 is 1.80 bits per heavy atom. The van der Waals surface area contributed by atoms with E-state index in [1.807, 2.05) is 0 Å². The van der Waals surface area contributed by atoms with Crippen molar-refractivity contribution < 1.29 is 32.2 Å². The molecule has 0 saturated carbocycles. The van der Waals surface area contributed by atoms with Crippen LogP contribution in [0.25, 0.3) is 0 Å². The molecule has 0 aliphatic carbocycles. The lowest BCUT2D eigenvalue weighted by atomic mass is 9.70. The summed E-state index contributed by atoms with van der Waals surface area (Å²) in [7, 11) is 1.71. The zero-order valence-electron chi connectivity index (χ0n) is 23.6. The van der Waals surface area contributed by atoms with Gasteiger partial charge in [-0.25, -0.2) is 0 Å². The third kappa shape index (κ3) is 7.44. The molecule has 5 rings (SSSR count). The number of nitrogens with zero attached hydrogens (tertiary/aromatic N) is 1. The van der Waals surface area contributed by atoms with Crippen LogP contribution in [0.3, 0.4) is 0 Å². The smallest absolute Gasteiger partial charge is 0.380 e. The van der Waals surface area contributed by atoms with Crippen LogP contribution in [-0.2, 0) is 19.1 Å². The molecule has 0 bridgehead atoms. The van der Waals surface area contributed by atoms with Crippen molar-refractivity contribution in [3.05, 3.63) is 0 Å². The van der Waals surface area contributed by atoms with Gasteiger partial charge in [0.1, 0.15) is 5.50 Å². The number of halogens is 4. The summed E-state index contributed by atoms with van der Waals surface area (Å²) in [6, 6.07) is -0.218. The van der Waals surface area contributed by atoms with Crippen molar-refractivity contribution in [3.63, 3.8) is 0 Å². The van der Waals surface area contributed by atoms with E-state index in [9.17, 15) is 22.8 Å². The molecule has 10 nitrogen and oxygen atoms in total. The van der Waals surface area contributed by atoms with Crippen LogP contribution in [-0.4, -0.2) is 109 Å². The van der Waals surface area contributed by atoms with Crippen LogP contribution in [0.2, 0.25) is 0 Å². The Labute approximate surface area is 248 Å². The molecule has 0 aromatic rings. The van der Waals surface area contributed by atoms with Crippen LogP contribution in [0.15, 0.2) is 0 Å². The molecule has 2 amide bonds. The highest BCUT2D eigenvalue weighted by atomic mass is 35.5.